The van der Waals surface area contributed by atoms with Crippen molar-refractivity contribution >= 4 is 40.7 Å². The minimum absolute atomic E-state index is 0.00521. The molecule has 1 aromatic heterocycles. The third-order valence-corrected chi connectivity index (χ3v) is 4.37. The molecule has 0 bridgehead atoms. The fourth-order valence-corrected chi connectivity index (χ4v) is 2.98. The Labute approximate surface area is 160 Å². The van der Waals surface area contributed by atoms with Crippen molar-refractivity contribution in [3.05, 3.63) is 35.6 Å². The van der Waals surface area contributed by atoms with E-state index in [9.17, 15) is 14.4 Å². The second-order valence-electron chi connectivity index (χ2n) is 5.58. The van der Waals surface area contributed by atoms with Crippen LogP contribution in [0.4, 0.5) is 4.79 Å². The minimum Gasteiger partial charge on any atom is -0.460 e. The zero-order chi connectivity index (χ0) is 19.8. The summed E-state index contributed by atoms with van der Waals surface area (Å²) in [6, 6.07) is 5.36. The molecule has 0 aliphatic carbocycles. The van der Waals surface area contributed by atoms with Gasteiger partial charge in [0.05, 0.1) is 12.2 Å². The summed E-state index contributed by atoms with van der Waals surface area (Å²) in [5, 5.41) is 3.03. The number of rotatable bonds is 9. The van der Waals surface area contributed by atoms with E-state index < -0.39 is 24.0 Å². The third-order valence-electron chi connectivity index (χ3n) is 3.73. The van der Waals surface area contributed by atoms with Crippen LogP contribution in [-0.4, -0.2) is 42.6 Å². The molecule has 2 amide bonds. The number of ether oxygens (including phenoxy) is 2. The maximum absolute atomic E-state index is 12.4. The maximum atomic E-state index is 12.4. The molecule has 0 saturated carbocycles. The van der Waals surface area contributed by atoms with Crippen molar-refractivity contribution in [1.29, 1.82) is 0 Å². The lowest BCUT2D eigenvalue weighted by Crippen LogP contribution is -2.44. The van der Waals surface area contributed by atoms with E-state index in [-0.39, 0.29) is 19.0 Å². The highest BCUT2D eigenvalue weighted by Gasteiger charge is 2.25. The number of urea groups is 1. The number of para-hydroxylation sites is 1. The summed E-state index contributed by atoms with van der Waals surface area (Å²) < 4.78 is 15.9. The Morgan fingerprint density at radius 1 is 1.26 bits per heavy atom. The minimum atomic E-state index is -0.862. The topological polar surface area (TPSA) is 121 Å². The number of hydrogen-bond donors (Lipinski definition) is 2. The number of esters is 2. The number of primary amides is 1. The van der Waals surface area contributed by atoms with Crippen LogP contribution in [0, 0.1) is 0 Å². The van der Waals surface area contributed by atoms with Gasteiger partial charge in [-0.2, -0.15) is 11.8 Å². The van der Waals surface area contributed by atoms with E-state index in [1.165, 1.54) is 11.8 Å². The number of carbonyl (C=O) groups excluding carboxylic acids is 3. The molecule has 1 aromatic carbocycles. The van der Waals surface area contributed by atoms with E-state index in [0.717, 1.165) is 0 Å². The summed E-state index contributed by atoms with van der Waals surface area (Å²) in [6.45, 7) is 1.68. The van der Waals surface area contributed by atoms with E-state index in [1.807, 2.05) is 6.26 Å². The first-order valence-corrected chi connectivity index (χ1v) is 9.76. The van der Waals surface area contributed by atoms with Crippen molar-refractivity contribution in [1.82, 2.24) is 5.32 Å². The average Bonchev–Trinajstić information content (AvgIpc) is 3.02. The van der Waals surface area contributed by atoms with E-state index in [0.29, 0.717) is 28.7 Å². The Balaban J connectivity index is 2.21. The van der Waals surface area contributed by atoms with Crippen molar-refractivity contribution in [3.63, 3.8) is 0 Å². The molecule has 27 heavy (non-hydrogen) atoms. The molecule has 1 atom stereocenters. The van der Waals surface area contributed by atoms with Gasteiger partial charge in [-0.25, -0.2) is 14.4 Å². The highest BCUT2D eigenvalue weighted by atomic mass is 32.2. The maximum Gasteiger partial charge on any atom is 0.374 e. The van der Waals surface area contributed by atoms with E-state index in [2.05, 4.69) is 5.32 Å². The molecule has 0 radical (unpaired) electrons. The molecule has 0 unspecified atom stereocenters. The van der Waals surface area contributed by atoms with Crippen LogP contribution in [0.3, 0.4) is 0 Å². The van der Waals surface area contributed by atoms with Gasteiger partial charge in [-0.05, 0) is 31.4 Å². The highest BCUT2D eigenvalue weighted by molar-refractivity contribution is 7.98. The van der Waals surface area contributed by atoms with Crippen LogP contribution in [0.5, 0.6) is 0 Å². The number of carbonyl (C=O) groups is 3. The first-order chi connectivity index (χ1) is 13.0. The van der Waals surface area contributed by atoms with Crippen molar-refractivity contribution in [2.75, 3.05) is 18.6 Å². The van der Waals surface area contributed by atoms with E-state index >= 15 is 0 Å². The SMILES string of the molecule is CCOC(=O)c1oc2ccccc2c1COC(=O)[C@@H](CCSC)NC(N)=O. The summed E-state index contributed by atoms with van der Waals surface area (Å²) in [6.07, 6.45) is 2.26. The number of hydrogen-bond acceptors (Lipinski definition) is 7. The monoisotopic (exact) mass is 394 g/mol. The molecule has 2 rings (SSSR count). The fourth-order valence-electron chi connectivity index (χ4n) is 2.50. The standard InChI is InChI=1S/C18H22N2O6S/c1-3-24-17(22)15-12(11-6-4-5-7-14(11)26-15)10-25-16(21)13(8-9-27-2)20-18(19)23/h4-7,13H,3,8-10H2,1-2H3,(H3,19,20,23)/t13-/m1/s1. The molecular weight excluding hydrogens is 372 g/mol. The van der Waals surface area contributed by atoms with Crippen LogP contribution in [0.2, 0.25) is 0 Å². The smallest absolute Gasteiger partial charge is 0.374 e. The van der Waals surface area contributed by atoms with Crippen LogP contribution in [0.15, 0.2) is 28.7 Å². The van der Waals surface area contributed by atoms with Gasteiger partial charge in [0.25, 0.3) is 0 Å². The van der Waals surface area contributed by atoms with Crippen molar-refractivity contribution < 1.29 is 28.3 Å². The molecule has 0 spiro atoms. The number of amides is 2. The number of nitrogens with two attached hydrogens (primary N) is 1. The van der Waals surface area contributed by atoms with Gasteiger partial charge in [0, 0.05) is 5.39 Å². The van der Waals surface area contributed by atoms with Crippen molar-refractivity contribution in [2.24, 2.45) is 5.73 Å². The summed E-state index contributed by atoms with van der Waals surface area (Å²) in [5.41, 5.74) is 6.03. The molecule has 8 nitrogen and oxygen atoms in total. The van der Waals surface area contributed by atoms with Crippen LogP contribution in [0.1, 0.15) is 29.5 Å². The predicted octanol–water partition coefficient (Wildman–Crippen LogP) is 2.44. The predicted molar refractivity (Wildman–Crippen MR) is 101 cm³/mol. The largest absolute Gasteiger partial charge is 0.460 e. The zero-order valence-electron chi connectivity index (χ0n) is 15.2. The highest BCUT2D eigenvalue weighted by Crippen LogP contribution is 2.27. The molecule has 0 aliphatic rings. The van der Waals surface area contributed by atoms with Gasteiger partial charge >= 0.3 is 18.0 Å². The second kappa shape index (κ2) is 9.86. The first kappa shape index (κ1) is 20.6. The Bertz CT molecular complexity index is 819. The molecule has 3 N–H and O–H groups in total. The van der Waals surface area contributed by atoms with Gasteiger partial charge in [-0.1, -0.05) is 18.2 Å². The van der Waals surface area contributed by atoms with Gasteiger partial charge in [0.1, 0.15) is 18.2 Å². The molecule has 1 heterocycles. The van der Waals surface area contributed by atoms with E-state index in [1.54, 1.807) is 31.2 Å². The zero-order valence-corrected chi connectivity index (χ0v) is 16.0. The summed E-state index contributed by atoms with van der Waals surface area (Å²) in [4.78, 5) is 35.7. The Morgan fingerprint density at radius 2 is 2.00 bits per heavy atom. The van der Waals surface area contributed by atoms with Crippen LogP contribution < -0.4 is 11.1 Å². The molecule has 0 fully saturated rings. The van der Waals surface area contributed by atoms with Crippen molar-refractivity contribution in [3.8, 4) is 0 Å². The van der Waals surface area contributed by atoms with E-state index in [4.69, 9.17) is 19.6 Å². The lowest BCUT2D eigenvalue weighted by atomic mass is 10.1. The molecular formula is C18H22N2O6S. The second-order valence-corrected chi connectivity index (χ2v) is 6.56. The molecule has 0 aliphatic heterocycles. The molecule has 9 heteroatoms. The van der Waals surface area contributed by atoms with Gasteiger partial charge < -0.3 is 24.9 Å². The summed E-state index contributed by atoms with van der Waals surface area (Å²) in [5.74, 6) is -0.630. The Morgan fingerprint density at radius 3 is 2.67 bits per heavy atom. The first-order valence-electron chi connectivity index (χ1n) is 8.37. The quantitative estimate of drug-likeness (QED) is 0.627. The third kappa shape index (κ3) is 5.40. The number of fused-ring (bicyclic) bond motifs is 1. The number of benzene rings is 1. The van der Waals surface area contributed by atoms with Gasteiger partial charge in [-0.3, -0.25) is 0 Å². The lowest BCUT2D eigenvalue weighted by molar-refractivity contribution is -0.147. The van der Waals surface area contributed by atoms with Gasteiger partial charge in [0.2, 0.25) is 5.76 Å². The fraction of sp³-hybridized carbons (Fsp3) is 0.389. The lowest BCUT2D eigenvalue weighted by Gasteiger charge is -2.16. The average molecular weight is 394 g/mol. The van der Waals surface area contributed by atoms with Crippen LogP contribution in [-0.2, 0) is 20.9 Å². The Hall–Kier alpha value is -2.68. The number of furan rings is 1. The number of nitrogens with one attached hydrogen (secondary N) is 1. The summed E-state index contributed by atoms with van der Waals surface area (Å²) >= 11 is 1.53. The van der Waals surface area contributed by atoms with Crippen LogP contribution >= 0.6 is 11.8 Å². The summed E-state index contributed by atoms with van der Waals surface area (Å²) in [7, 11) is 0. The molecule has 2 aromatic rings. The van der Waals surface area contributed by atoms with Gasteiger partial charge in [-0.15, -0.1) is 0 Å². The number of thioether (sulfide) groups is 1. The molecule has 146 valence electrons. The van der Waals surface area contributed by atoms with Crippen LogP contribution in [0.25, 0.3) is 11.0 Å². The van der Waals surface area contributed by atoms with Crippen molar-refractivity contribution in [2.45, 2.75) is 26.0 Å². The van der Waals surface area contributed by atoms with Gasteiger partial charge in [0.15, 0.2) is 0 Å². The normalized spacial score (nSPS) is 11.8. The Kier molecular flexibility index (Phi) is 7.54. The molecule has 0 saturated heterocycles.